The van der Waals surface area contributed by atoms with Crippen LogP contribution in [0.1, 0.15) is 31.7 Å². The molecule has 30 heavy (non-hydrogen) atoms. The van der Waals surface area contributed by atoms with Crippen molar-refractivity contribution in [1.29, 1.82) is 0 Å². The first-order valence-electron chi connectivity index (χ1n) is 10.3. The molecular weight excluding hydrogens is 372 g/mol. The van der Waals surface area contributed by atoms with Crippen LogP contribution in [0.15, 0.2) is 79.7 Å². The molecule has 1 aromatic heterocycles. The van der Waals surface area contributed by atoms with E-state index >= 15 is 0 Å². The highest BCUT2D eigenvalue weighted by Gasteiger charge is 2.04. The molecular formula is C26H28N2O2. The van der Waals surface area contributed by atoms with Gasteiger partial charge in [-0.1, -0.05) is 61.2 Å². The lowest BCUT2D eigenvalue weighted by molar-refractivity contribution is 0.182. The summed E-state index contributed by atoms with van der Waals surface area (Å²) >= 11 is 0. The fourth-order valence-electron chi connectivity index (χ4n) is 3.02. The van der Waals surface area contributed by atoms with Crippen molar-refractivity contribution in [2.75, 3.05) is 6.61 Å². The van der Waals surface area contributed by atoms with Gasteiger partial charge in [0.05, 0.1) is 6.10 Å². The molecule has 1 heterocycles. The Morgan fingerprint density at radius 2 is 1.63 bits per heavy atom. The number of aliphatic hydroxyl groups is 1. The number of ether oxygens (including phenoxy) is 1. The number of rotatable bonds is 10. The molecule has 0 amide bonds. The normalized spacial score (nSPS) is 12.1. The van der Waals surface area contributed by atoms with Crippen LogP contribution in [0.4, 0.5) is 0 Å². The number of hydrogen-bond donors (Lipinski definition) is 1. The van der Waals surface area contributed by atoms with Crippen molar-refractivity contribution in [3.63, 3.8) is 0 Å². The molecule has 4 heteroatoms. The molecule has 0 radical (unpaired) electrons. The van der Waals surface area contributed by atoms with Gasteiger partial charge in [-0.2, -0.15) is 0 Å². The summed E-state index contributed by atoms with van der Waals surface area (Å²) in [6.07, 6.45) is 12.3. The fraction of sp³-hybridized carbons (Fsp3) is 0.231. The molecule has 1 N–H and O–H groups in total. The summed E-state index contributed by atoms with van der Waals surface area (Å²) in [6, 6.07) is 16.1. The minimum absolute atomic E-state index is 0.222. The Balaban J connectivity index is 1.60. The van der Waals surface area contributed by atoms with Crippen LogP contribution in [-0.2, 0) is 0 Å². The van der Waals surface area contributed by atoms with Crippen molar-refractivity contribution in [2.45, 2.75) is 32.3 Å². The van der Waals surface area contributed by atoms with Gasteiger partial charge >= 0.3 is 0 Å². The highest BCUT2D eigenvalue weighted by atomic mass is 16.5. The zero-order valence-electron chi connectivity index (χ0n) is 17.4. The molecule has 0 spiro atoms. The minimum Gasteiger partial charge on any atom is -0.490 e. The Bertz CT molecular complexity index is 944. The van der Waals surface area contributed by atoms with E-state index in [1.165, 1.54) is 0 Å². The van der Waals surface area contributed by atoms with E-state index < -0.39 is 0 Å². The maximum absolute atomic E-state index is 9.28. The highest BCUT2D eigenvalue weighted by molar-refractivity contribution is 5.65. The van der Waals surface area contributed by atoms with Crippen LogP contribution in [0.3, 0.4) is 0 Å². The second-order valence-corrected chi connectivity index (χ2v) is 7.22. The number of aliphatic hydroxyl groups excluding tert-OH is 1. The maximum Gasteiger partial charge on any atom is 0.159 e. The topological polar surface area (TPSA) is 55.2 Å². The number of benzene rings is 2. The number of unbranched alkanes of at least 4 members (excludes halogenated alkanes) is 1. The summed E-state index contributed by atoms with van der Waals surface area (Å²) in [4.78, 5) is 9.07. The molecule has 0 fully saturated rings. The van der Waals surface area contributed by atoms with Crippen molar-refractivity contribution in [3.05, 3.63) is 85.2 Å². The van der Waals surface area contributed by atoms with E-state index in [0.717, 1.165) is 47.3 Å². The van der Waals surface area contributed by atoms with Crippen LogP contribution in [0.25, 0.3) is 28.6 Å². The molecule has 0 bridgehead atoms. The molecule has 0 aliphatic heterocycles. The van der Waals surface area contributed by atoms with Gasteiger partial charge < -0.3 is 9.84 Å². The Hall–Kier alpha value is -3.24. The fourth-order valence-corrected chi connectivity index (χ4v) is 3.02. The van der Waals surface area contributed by atoms with Gasteiger partial charge in [0.15, 0.2) is 5.82 Å². The molecule has 3 aromatic rings. The van der Waals surface area contributed by atoms with E-state index in [0.29, 0.717) is 12.4 Å². The average molecular weight is 401 g/mol. The monoisotopic (exact) mass is 400 g/mol. The van der Waals surface area contributed by atoms with Crippen LogP contribution in [0, 0.1) is 0 Å². The average Bonchev–Trinajstić information content (AvgIpc) is 2.78. The smallest absolute Gasteiger partial charge is 0.159 e. The molecule has 2 aromatic carbocycles. The van der Waals surface area contributed by atoms with Gasteiger partial charge in [-0.15, -0.1) is 0 Å². The number of nitrogens with zero attached hydrogens (tertiary/aromatic N) is 2. The van der Waals surface area contributed by atoms with E-state index in [1.807, 2.05) is 55.7 Å². The van der Waals surface area contributed by atoms with Crippen molar-refractivity contribution in [1.82, 2.24) is 9.97 Å². The van der Waals surface area contributed by atoms with Crippen molar-refractivity contribution in [2.24, 2.45) is 0 Å². The third-order valence-corrected chi connectivity index (χ3v) is 4.68. The summed E-state index contributed by atoms with van der Waals surface area (Å²) in [5, 5.41) is 9.28. The molecule has 0 saturated heterocycles. The van der Waals surface area contributed by atoms with Gasteiger partial charge in [0, 0.05) is 23.5 Å². The maximum atomic E-state index is 9.28. The SMILES string of the molecule is C=CCOc1ccc(-c2cnc(-c3ccc(/C=C/CCCC(C)O)cc3)nc2)cc1. The summed E-state index contributed by atoms with van der Waals surface area (Å²) in [6.45, 7) is 5.97. The first-order chi connectivity index (χ1) is 14.7. The number of allylic oxidation sites excluding steroid dienone is 1. The lowest BCUT2D eigenvalue weighted by Gasteiger charge is -2.06. The molecule has 0 aliphatic rings. The van der Waals surface area contributed by atoms with E-state index in [-0.39, 0.29) is 6.10 Å². The quantitative estimate of drug-likeness (QED) is 0.338. The van der Waals surface area contributed by atoms with Gasteiger partial charge in [0.1, 0.15) is 12.4 Å². The van der Waals surface area contributed by atoms with Gasteiger partial charge in [-0.25, -0.2) is 9.97 Å². The lowest BCUT2D eigenvalue weighted by atomic mass is 10.1. The first-order valence-corrected chi connectivity index (χ1v) is 10.3. The molecule has 1 unspecified atom stereocenters. The number of hydrogen-bond acceptors (Lipinski definition) is 4. The molecule has 4 nitrogen and oxygen atoms in total. The van der Waals surface area contributed by atoms with Crippen LogP contribution < -0.4 is 4.74 Å². The van der Waals surface area contributed by atoms with Crippen molar-refractivity contribution >= 4 is 6.08 Å². The summed E-state index contributed by atoms with van der Waals surface area (Å²) in [7, 11) is 0. The van der Waals surface area contributed by atoms with Crippen LogP contribution in [-0.4, -0.2) is 27.8 Å². The predicted octanol–water partition coefficient (Wildman–Crippen LogP) is 5.94. The van der Waals surface area contributed by atoms with Gasteiger partial charge in [0.25, 0.3) is 0 Å². The van der Waals surface area contributed by atoms with Crippen molar-refractivity contribution in [3.8, 4) is 28.3 Å². The standard InChI is InChI=1S/C26H28N2O2/c1-3-17-30-25-15-13-22(14-16-25)24-18-27-26(28-19-24)23-11-9-21(10-12-23)8-6-4-5-7-20(2)29/h3,6,8-16,18-20,29H,1,4-5,7,17H2,2H3/b8-6+. The third-order valence-electron chi connectivity index (χ3n) is 4.68. The summed E-state index contributed by atoms with van der Waals surface area (Å²) in [5.41, 5.74) is 4.14. The van der Waals surface area contributed by atoms with Gasteiger partial charge in [-0.3, -0.25) is 0 Å². The van der Waals surface area contributed by atoms with Crippen LogP contribution >= 0.6 is 0 Å². The lowest BCUT2D eigenvalue weighted by Crippen LogP contribution is -1.97. The Kier molecular flexibility index (Phi) is 7.93. The van der Waals surface area contributed by atoms with E-state index in [9.17, 15) is 5.11 Å². The third kappa shape index (κ3) is 6.39. The Morgan fingerprint density at radius 3 is 2.27 bits per heavy atom. The largest absolute Gasteiger partial charge is 0.490 e. The first kappa shape index (κ1) is 21.5. The van der Waals surface area contributed by atoms with Crippen molar-refractivity contribution < 1.29 is 9.84 Å². The zero-order valence-corrected chi connectivity index (χ0v) is 17.4. The molecule has 3 rings (SSSR count). The minimum atomic E-state index is -0.222. The van der Waals surface area contributed by atoms with E-state index in [4.69, 9.17) is 4.74 Å². The van der Waals surface area contributed by atoms with Crippen LogP contribution in [0.5, 0.6) is 5.75 Å². The predicted molar refractivity (Wildman–Crippen MR) is 123 cm³/mol. The summed E-state index contributed by atoms with van der Waals surface area (Å²) < 4.78 is 5.51. The van der Waals surface area contributed by atoms with E-state index in [2.05, 4.69) is 40.8 Å². The Labute approximate surface area is 178 Å². The highest BCUT2D eigenvalue weighted by Crippen LogP contribution is 2.23. The summed E-state index contributed by atoms with van der Waals surface area (Å²) in [5.74, 6) is 1.52. The second-order valence-electron chi connectivity index (χ2n) is 7.22. The van der Waals surface area contributed by atoms with E-state index in [1.54, 1.807) is 6.08 Å². The second kappa shape index (κ2) is 11.1. The molecule has 0 aliphatic carbocycles. The van der Waals surface area contributed by atoms with Gasteiger partial charge in [-0.05, 0) is 49.4 Å². The van der Waals surface area contributed by atoms with Gasteiger partial charge in [0.2, 0.25) is 0 Å². The molecule has 154 valence electrons. The zero-order chi connectivity index (χ0) is 21.2. The molecule has 1 atom stereocenters. The van der Waals surface area contributed by atoms with Crippen LogP contribution in [0.2, 0.25) is 0 Å². The number of aromatic nitrogens is 2. The molecule has 0 saturated carbocycles. The Morgan fingerprint density at radius 1 is 0.967 bits per heavy atom.